The van der Waals surface area contributed by atoms with Crippen molar-refractivity contribution in [2.45, 2.75) is 45.6 Å². The molecule has 1 saturated heterocycles. The minimum Gasteiger partial charge on any atom is -0.491 e. The van der Waals surface area contributed by atoms with Crippen molar-refractivity contribution in [1.29, 1.82) is 0 Å². The number of hydrogen-bond acceptors (Lipinski definition) is 2. The molecule has 0 spiro atoms. The molecule has 1 heterocycles. The van der Waals surface area contributed by atoms with Crippen molar-refractivity contribution in [3.8, 4) is 5.75 Å². The first-order valence-corrected chi connectivity index (χ1v) is 7.39. The second kappa shape index (κ2) is 7.02. The summed E-state index contributed by atoms with van der Waals surface area (Å²) in [6.45, 7) is 4.83. The van der Waals surface area contributed by atoms with Crippen LogP contribution in [0.2, 0.25) is 0 Å². The summed E-state index contributed by atoms with van der Waals surface area (Å²) >= 11 is 0. The fraction of sp³-hybridized carbons (Fsp3) is 0.625. The van der Waals surface area contributed by atoms with Crippen molar-refractivity contribution in [2.75, 3.05) is 13.2 Å². The number of rotatable bonds is 5. The van der Waals surface area contributed by atoms with Crippen LogP contribution in [0.3, 0.4) is 0 Å². The van der Waals surface area contributed by atoms with Crippen LogP contribution in [0.25, 0.3) is 0 Å². The Morgan fingerprint density at radius 1 is 1.20 bits per heavy atom. The van der Waals surface area contributed by atoms with E-state index in [1.54, 1.807) is 13.0 Å². The Labute approximate surface area is 119 Å². The molecule has 2 unspecified atom stereocenters. The Hall–Kier alpha value is -1.16. The Morgan fingerprint density at radius 2 is 2.00 bits per heavy atom. The van der Waals surface area contributed by atoms with Gasteiger partial charge in [-0.05, 0) is 44.2 Å². The highest BCUT2D eigenvalue weighted by molar-refractivity contribution is 5.32. The van der Waals surface area contributed by atoms with Gasteiger partial charge < -0.3 is 9.47 Å². The summed E-state index contributed by atoms with van der Waals surface area (Å²) in [5.74, 6) is -1.24. The van der Waals surface area contributed by atoms with E-state index >= 15 is 0 Å². The predicted octanol–water partition coefficient (Wildman–Crippen LogP) is 4.63. The van der Waals surface area contributed by atoms with Gasteiger partial charge in [-0.15, -0.1) is 0 Å². The van der Waals surface area contributed by atoms with Crippen LogP contribution in [0, 0.1) is 17.6 Å². The van der Waals surface area contributed by atoms with Crippen molar-refractivity contribution in [3.63, 3.8) is 0 Å². The number of benzene rings is 1. The van der Waals surface area contributed by atoms with E-state index in [0.717, 1.165) is 25.7 Å². The average molecular weight is 284 g/mol. The molecule has 0 radical (unpaired) electrons. The standard InChI is InChI=1S/C16H22F2O2/c1-3-5-11-6-8-13(20-10-11)12-7-9-14(19-4-2)16(18)15(12)17/h7,9,11,13H,3-6,8,10H2,1-2H3. The van der Waals surface area contributed by atoms with Crippen molar-refractivity contribution >= 4 is 0 Å². The molecule has 4 heteroatoms. The second-order valence-corrected chi connectivity index (χ2v) is 5.27. The monoisotopic (exact) mass is 284 g/mol. The summed E-state index contributed by atoms with van der Waals surface area (Å²) in [6, 6.07) is 3.06. The van der Waals surface area contributed by atoms with Gasteiger partial charge in [0.1, 0.15) is 0 Å². The Bertz CT molecular complexity index is 440. The molecule has 0 saturated carbocycles. The van der Waals surface area contributed by atoms with E-state index in [2.05, 4.69) is 6.92 Å². The third-order valence-corrected chi connectivity index (χ3v) is 3.79. The summed E-state index contributed by atoms with van der Waals surface area (Å²) in [6.07, 6.45) is 3.67. The maximum atomic E-state index is 14.1. The van der Waals surface area contributed by atoms with Gasteiger partial charge in [-0.3, -0.25) is 0 Å². The first kappa shape index (κ1) is 15.2. The molecule has 0 aliphatic carbocycles. The lowest BCUT2D eigenvalue weighted by Gasteiger charge is -2.29. The van der Waals surface area contributed by atoms with Crippen molar-refractivity contribution < 1.29 is 18.3 Å². The summed E-state index contributed by atoms with van der Waals surface area (Å²) in [4.78, 5) is 0. The fourth-order valence-electron chi connectivity index (χ4n) is 2.75. The summed E-state index contributed by atoms with van der Waals surface area (Å²) < 4.78 is 38.7. The molecule has 0 aromatic heterocycles. The van der Waals surface area contributed by atoms with Crippen LogP contribution in [0.15, 0.2) is 12.1 Å². The van der Waals surface area contributed by atoms with E-state index in [0.29, 0.717) is 24.7 Å². The van der Waals surface area contributed by atoms with E-state index in [9.17, 15) is 8.78 Å². The smallest absolute Gasteiger partial charge is 0.200 e. The van der Waals surface area contributed by atoms with Gasteiger partial charge in [0.25, 0.3) is 0 Å². The van der Waals surface area contributed by atoms with Crippen LogP contribution in [0.4, 0.5) is 8.78 Å². The van der Waals surface area contributed by atoms with Crippen LogP contribution >= 0.6 is 0 Å². The van der Waals surface area contributed by atoms with Gasteiger partial charge in [-0.1, -0.05) is 13.3 Å². The molecule has 0 N–H and O–H groups in total. The van der Waals surface area contributed by atoms with Crippen molar-refractivity contribution in [3.05, 3.63) is 29.3 Å². The molecule has 1 fully saturated rings. The first-order chi connectivity index (χ1) is 9.67. The highest BCUT2D eigenvalue weighted by Crippen LogP contribution is 2.35. The summed E-state index contributed by atoms with van der Waals surface area (Å²) in [5, 5.41) is 0. The molecule has 1 aliphatic rings. The van der Waals surface area contributed by atoms with Gasteiger partial charge >= 0.3 is 0 Å². The first-order valence-electron chi connectivity index (χ1n) is 7.39. The van der Waals surface area contributed by atoms with Crippen LogP contribution in [-0.4, -0.2) is 13.2 Å². The van der Waals surface area contributed by atoms with Crippen LogP contribution in [0.1, 0.15) is 51.2 Å². The molecular formula is C16H22F2O2. The van der Waals surface area contributed by atoms with E-state index in [1.165, 1.54) is 6.07 Å². The van der Waals surface area contributed by atoms with E-state index in [4.69, 9.17) is 9.47 Å². The lowest BCUT2D eigenvalue weighted by molar-refractivity contribution is -0.0215. The number of ether oxygens (including phenoxy) is 2. The third kappa shape index (κ3) is 3.29. The van der Waals surface area contributed by atoms with Crippen molar-refractivity contribution in [1.82, 2.24) is 0 Å². The molecule has 1 aromatic rings. The fourth-order valence-corrected chi connectivity index (χ4v) is 2.75. The lowest BCUT2D eigenvalue weighted by Crippen LogP contribution is -2.21. The van der Waals surface area contributed by atoms with Gasteiger partial charge in [0.05, 0.1) is 19.3 Å². The minimum absolute atomic E-state index is 0.0339. The van der Waals surface area contributed by atoms with Gasteiger partial charge in [-0.2, -0.15) is 4.39 Å². The highest BCUT2D eigenvalue weighted by Gasteiger charge is 2.26. The Morgan fingerprint density at radius 3 is 2.60 bits per heavy atom. The second-order valence-electron chi connectivity index (χ2n) is 5.27. The maximum absolute atomic E-state index is 14.1. The van der Waals surface area contributed by atoms with Gasteiger partial charge in [0, 0.05) is 5.56 Å². The molecule has 0 amide bonds. The molecule has 112 valence electrons. The SMILES string of the molecule is CCCC1CCC(c2ccc(OCC)c(F)c2F)OC1. The van der Waals surface area contributed by atoms with Gasteiger partial charge in [0.2, 0.25) is 5.82 Å². The van der Waals surface area contributed by atoms with Crippen LogP contribution in [0.5, 0.6) is 5.75 Å². The quantitative estimate of drug-likeness (QED) is 0.784. The average Bonchev–Trinajstić information content (AvgIpc) is 2.46. The Kier molecular flexibility index (Phi) is 5.35. The van der Waals surface area contributed by atoms with Gasteiger partial charge in [0.15, 0.2) is 11.6 Å². The van der Waals surface area contributed by atoms with E-state index in [1.807, 2.05) is 0 Å². The molecule has 1 aromatic carbocycles. The highest BCUT2D eigenvalue weighted by atomic mass is 19.2. The molecular weight excluding hydrogens is 262 g/mol. The third-order valence-electron chi connectivity index (χ3n) is 3.79. The molecule has 20 heavy (non-hydrogen) atoms. The molecule has 2 rings (SSSR count). The Balaban J connectivity index is 2.08. The maximum Gasteiger partial charge on any atom is 0.200 e. The molecule has 2 atom stereocenters. The lowest BCUT2D eigenvalue weighted by atomic mass is 9.91. The van der Waals surface area contributed by atoms with Crippen molar-refractivity contribution in [2.24, 2.45) is 5.92 Å². The number of hydrogen-bond donors (Lipinski definition) is 0. The van der Waals surface area contributed by atoms with E-state index in [-0.39, 0.29) is 11.9 Å². The summed E-state index contributed by atoms with van der Waals surface area (Å²) in [5.41, 5.74) is 0.306. The zero-order chi connectivity index (χ0) is 14.5. The summed E-state index contributed by atoms with van der Waals surface area (Å²) in [7, 11) is 0. The van der Waals surface area contributed by atoms with Crippen LogP contribution < -0.4 is 4.74 Å². The largest absolute Gasteiger partial charge is 0.491 e. The van der Waals surface area contributed by atoms with Gasteiger partial charge in [-0.25, -0.2) is 4.39 Å². The van der Waals surface area contributed by atoms with E-state index < -0.39 is 11.6 Å². The molecule has 0 bridgehead atoms. The zero-order valence-corrected chi connectivity index (χ0v) is 12.1. The van der Waals surface area contributed by atoms with Crippen LogP contribution in [-0.2, 0) is 4.74 Å². The molecule has 2 nitrogen and oxygen atoms in total. The normalized spacial score (nSPS) is 22.8. The zero-order valence-electron chi connectivity index (χ0n) is 12.1. The molecule has 1 aliphatic heterocycles. The number of halogens is 2. The minimum atomic E-state index is -0.913. The predicted molar refractivity (Wildman–Crippen MR) is 73.9 cm³/mol. The topological polar surface area (TPSA) is 18.5 Å².